The second kappa shape index (κ2) is 4.94. The molecule has 106 valence electrons. The van der Waals surface area contributed by atoms with E-state index in [1.807, 2.05) is 13.0 Å². The number of hydrogen-bond acceptors (Lipinski definition) is 2. The van der Waals surface area contributed by atoms with E-state index in [1.165, 1.54) is 29.6 Å². The first-order valence-electron chi connectivity index (χ1n) is 7.21. The molecule has 0 radical (unpaired) electrons. The molecule has 3 N–H and O–H groups in total. The van der Waals surface area contributed by atoms with Gasteiger partial charge in [0.25, 0.3) is 0 Å². The Kier molecular flexibility index (Phi) is 3.26. The Balaban J connectivity index is 2.34. The first-order chi connectivity index (χ1) is 9.63. The van der Waals surface area contributed by atoms with Crippen LogP contribution in [0.15, 0.2) is 12.1 Å². The Morgan fingerprint density at radius 2 is 2.10 bits per heavy atom. The van der Waals surface area contributed by atoms with Crippen LogP contribution in [0.1, 0.15) is 40.0 Å². The standard InChI is InChI=1S/C16H20N2O2/c1-10-8-11(16(19)20)9-13-12-4-2-3-5-14(12)18(7-6-17)15(10)13/h8-9H,2-7,17H2,1H3,(H,19,20). The molecule has 0 aliphatic heterocycles. The van der Waals surface area contributed by atoms with Crippen LogP contribution in [0.5, 0.6) is 0 Å². The van der Waals surface area contributed by atoms with E-state index in [0.29, 0.717) is 12.1 Å². The van der Waals surface area contributed by atoms with Crippen molar-refractivity contribution < 1.29 is 9.90 Å². The number of nitrogens with zero attached hydrogens (tertiary/aromatic N) is 1. The Labute approximate surface area is 118 Å². The number of aromatic carboxylic acids is 1. The smallest absolute Gasteiger partial charge is 0.335 e. The zero-order valence-electron chi connectivity index (χ0n) is 11.8. The Morgan fingerprint density at radius 3 is 2.80 bits per heavy atom. The lowest BCUT2D eigenvalue weighted by Gasteiger charge is -2.15. The molecule has 1 heterocycles. The maximum atomic E-state index is 11.3. The van der Waals surface area contributed by atoms with Crippen LogP contribution in [0.2, 0.25) is 0 Å². The first-order valence-corrected chi connectivity index (χ1v) is 7.21. The number of aromatic nitrogens is 1. The van der Waals surface area contributed by atoms with Gasteiger partial charge in [-0.05, 0) is 55.9 Å². The van der Waals surface area contributed by atoms with Crippen molar-refractivity contribution in [3.8, 4) is 0 Å². The fourth-order valence-electron chi connectivity index (χ4n) is 3.48. The number of hydrogen-bond donors (Lipinski definition) is 2. The van der Waals surface area contributed by atoms with Crippen molar-refractivity contribution in [2.75, 3.05) is 6.54 Å². The van der Waals surface area contributed by atoms with Gasteiger partial charge in [0.2, 0.25) is 0 Å². The van der Waals surface area contributed by atoms with Crippen LogP contribution in [0, 0.1) is 6.92 Å². The summed E-state index contributed by atoms with van der Waals surface area (Å²) >= 11 is 0. The number of carboxylic acids is 1. The highest BCUT2D eigenvalue weighted by Gasteiger charge is 2.22. The van der Waals surface area contributed by atoms with Gasteiger partial charge < -0.3 is 15.4 Å². The minimum atomic E-state index is -0.855. The molecule has 0 amide bonds. The summed E-state index contributed by atoms with van der Waals surface area (Å²) in [5.41, 5.74) is 11.0. The van der Waals surface area contributed by atoms with Gasteiger partial charge in [0.05, 0.1) is 11.1 Å². The monoisotopic (exact) mass is 272 g/mol. The zero-order chi connectivity index (χ0) is 14.3. The van der Waals surface area contributed by atoms with E-state index < -0.39 is 5.97 Å². The van der Waals surface area contributed by atoms with E-state index >= 15 is 0 Å². The summed E-state index contributed by atoms with van der Waals surface area (Å²) in [5, 5.41) is 10.4. The van der Waals surface area contributed by atoms with Gasteiger partial charge in [-0.15, -0.1) is 0 Å². The molecule has 1 aliphatic rings. The number of rotatable bonds is 3. The van der Waals surface area contributed by atoms with Crippen LogP contribution in [-0.2, 0) is 19.4 Å². The predicted octanol–water partition coefficient (Wildman–Crippen LogP) is 2.49. The fraction of sp³-hybridized carbons (Fsp3) is 0.438. The van der Waals surface area contributed by atoms with Crippen LogP contribution in [-0.4, -0.2) is 22.2 Å². The van der Waals surface area contributed by atoms with Crippen molar-refractivity contribution >= 4 is 16.9 Å². The molecule has 0 atom stereocenters. The van der Waals surface area contributed by atoms with Gasteiger partial charge in [0.1, 0.15) is 0 Å². The third kappa shape index (κ3) is 1.91. The van der Waals surface area contributed by atoms with Crippen LogP contribution in [0.3, 0.4) is 0 Å². The third-order valence-corrected chi connectivity index (χ3v) is 4.26. The first kappa shape index (κ1) is 13.2. The number of aryl methyl sites for hydroxylation is 2. The summed E-state index contributed by atoms with van der Waals surface area (Å²) in [6, 6.07) is 3.60. The molecule has 3 rings (SSSR count). The number of nitrogens with two attached hydrogens (primary N) is 1. The minimum Gasteiger partial charge on any atom is -0.478 e. The van der Waals surface area contributed by atoms with Crippen LogP contribution in [0.4, 0.5) is 0 Å². The van der Waals surface area contributed by atoms with E-state index in [0.717, 1.165) is 30.3 Å². The molecule has 0 saturated heterocycles. The largest absolute Gasteiger partial charge is 0.478 e. The zero-order valence-corrected chi connectivity index (χ0v) is 11.8. The average Bonchev–Trinajstić information content (AvgIpc) is 2.75. The quantitative estimate of drug-likeness (QED) is 0.902. The molecule has 1 aliphatic carbocycles. The number of fused-ring (bicyclic) bond motifs is 3. The lowest BCUT2D eigenvalue weighted by molar-refractivity contribution is 0.0697. The van der Waals surface area contributed by atoms with Crippen LogP contribution in [0.25, 0.3) is 10.9 Å². The lowest BCUT2D eigenvalue weighted by atomic mass is 9.94. The van der Waals surface area contributed by atoms with Gasteiger partial charge in [0.15, 0.2) is 0 Å². The molecule has 0 bridgehead atoms. The minimum absolute atomic E-state index is 0.383. The highest BCUT2D eigenvalue weighted by Crippen LogP contribution is 2.34. The molecule has 1 aromatic heterocycles. The van der Waals surface area contributed by atoms with Crippen molar-refractivity contribution in [1.82, 2.24) is 4.57 Å². The van der Waals surface area contributed by atoms with Gasteiger partial charge in [-0.25, -0.2) is 4.79 Å². The van der Waals surface area contributed by atoms with E-state index in [9.17, 15) is 9.90 Å². The van der Waals surface area contributed by atoms with E-state index in [1.54, 1.807) is 6.07 Å². The second-order valence-electron chi connectivity index (χ2n) is 5.57. The number of benzene rings is 1. The third-order valence-electron chi connectivity index (χ3n) is 4.26. The van der Waals surface area contributed by atoms with Crippen molar-refractivity contribution in [2.45, 2.75) is 39.2 Å². The maximum Gasteiger partial charge on any atom is 0.335 e. The predicted molar refractivity (Wildman–Crippen MR) is 79.3 cm³/mol. The summed E-state index contributed by atoms with van der Waals surface area (Å²) in [6.45, 7) is 3.41. The highest BCUT2D eigenvalue weighted by atomic mass is 16.4. The van der Waals surface area contributed by atoms with Gasteiger partial charge >= 0.3 is 5.97 Å². The fourth-order valence-corrected chi connectivity index (χ4v) is 3.48. The average molecular weight is 272 g/mol. The summed E-state index contributed by atoms with van der Waals surface area (Å²) < 4.78 is 2.31. The van der Waals surface area contributed by atoms with Crippen LogP contribution < -0.4 is 5.73 Å². The Bertz CT molecular complexity index is 686. The maximum absolute atomic E-state index is 11.3. The molecule has 4 heteroatoms. The summed E-state index contributed by atoms with van der Waals surface area (Å²) in [4.78, 5) is 11.3. The van der Waals surface area contributed by atoms with Gasteiger partial charge in [-0.2, -0.15) is 0 Å². The molecule has 0 saturated carbocycles. The second-order valence-corrected chi connectivity index (χ2v) is 5.57. The highest BCUT2D eigenvalue weighted by molar-refractivity contribution is 5.97. The van der Waals surface area contributed by atoms with Crippen molar-refractivity contribution in [3.05, 3.63) is 34.5 Å². The number of carbonyl (C=O) groups is 1. The molecular weight excluding hydrogens is 252 g/mol. The summed E-state index contributed by atoms with van der Waals surface area (Å²) in [5.74, 6) is -0.855. The molecule has 2 aromatic rings. The topological polar surface area (TPSA) is 68.2 Å². The SMILES string of the molecule is Cc1cc(C(=O)O)cc2c3c(n(CCN)c12)CCCC3. The molecule has 0 unspecified atom stereocenters. The molecule has 20 heavy (non-hydrogen) atoms. The molecule has 0 spiro atoms. The van der Waals surface area contributed by atoms with E-state index in [-0.39, 0.29) is 0 Å². The Morgan fingerprint density at radius 1 is 1.35 bits per heavy atom. The summed E-state index contributed by atoms with van der Waals surface area (Å²) in [6.07, 6.45) is 4.52. The molecule has 4 nitrogen and oxygen atoms in total. The lowest BCUT2D eigenvalue weighted by Crippen LogP contribution is -2.14. The molecule has 1 aromatic carbocycles. The normalized spacial score (nSPS) is 14.5. The van der Waals surface area contributed by atoms with E-state index in [4.69, 9.17) is 5.73 Å². The molecular formula is C16H20N2O2. The Hall–Kier alpha value is -1.81. The van der Waals surface area contributed by atoms with E-state index in [2.05, 4.69) is 4.57 Å². The van der Waals surface area contributed by atoms with Gasteiger partial charge in [0, 0.05) is 24.2 Å². The van der Waals surface area contributed by atoms with Gasteiger partial charge in [-0.1, -0.05) is 0 Å². The van der Waals surface area contributed by atoms with Crippen molar-refractivity contribution in [1.29, 1.82) is 0 Å². The van der Waals surface area contributed by atoms with Crippen molar-refractivity contribution in [3.63, 3.8) is 0 Å². The number of carboxylic acid groups (broad SMARTS) is 1. The van der Waals surface area contributed by atoms with Crippen LogP contribution >= 0.6 is 0 Å². The molecule has 0 fully saturated rings. The summed E-state index contributed by atoms with van der Waals surface area (Å²) in [7, 11) is 0. The van der Waals surface area contributed by atoms with Gasteiger partial charge in [-0.3, -0.25) is 0 Å². The van der Waals surface area contributed by atoms with Crippen molar-refractivity contribution in [2.24, 2.45) is 5.73 Å².